The molecule has 0 unspecified atom stereocenters. The lowest BCUT2D eigenvalue weighted by Gasteiger charge is -1.98. The van der Waals surface area contributed by atoms with Crippen LogP contribution in [0.2, 0.25) is 0 Å². The summed E-state index contributed by atoms with van der Waals surface area (Å²) in [6.07, 6.45) is 0. The van der Waals surface area contributed by atoms with Crippen LogP contribution in [0.4, 0.5) is 0 Å². The molecule has 0 radical (unpaired) electrons. The molecular weight excluding hydrogens is 245 g/mol. The summed E-state index contributed by atoms with van der Waals surface area (Å²) in [5.74, 6) is 0.621. The molecule has 1 rings (SSSR count). The standard InChI is InChI=1S/C6H8INS/c1-4(2)5-3-9-8-6(5)7/h3-4H,1-2H3. The van der Waals surface area contributed by atoms with E-state index in [1.807, 2.05) is 0 Å². The summed E-state index contributed by atoms with van der Waals surface area (Å²) in [5.41, 5.74) is 1.38. The minimum absolute atomic E-state index is 0.621. The van der Waals surface area contributed by atoms with Crippen molar-refractivity contribution < 1.29 is 0 Å². The molecule has 0 atom stereocenters. The first kappa shape index (κ1) is 7.47. The highest BCUT2D eigenvalue weighted by molar-refractivity contribution is 14.1. The van der Waals surface area contributed by atoms with Crippen molar-refractivity contribution >= 4 is 34.1 Å². The van der Waals surface area contributed by atoms with E-state index in [1.165, 1.54) is 17.1 Å². The maximum absolute atomic E-state index is 4.17. The SMILES string of the molecule is CC(C)c1csnc1I. The van der Waals surface area contributed by atoms with Crippen LogP contribution in [0.3, 0.4) is 0 Å². The van der Waals surface area contributed by atoms with Gasteiger partial charge in [-0.2, -0.15) is 4.37 Å². The molecular formula is C6H8INS. The zero-order valence-electron chi connectivity index (χ0n) is 5.39. The van der Waals surface area contributed by atoms with Gasteiger partial charge in [0, 0.05) is 5.38 Å². The molecule has 0 spiro atoms. The molecule has 1 aromatic heterocycles. The third-order valence-electron chi connectivity index (χ3n) is 1.17. The van der Waals surface area contributed by atoms with Crippen LogP contribution in [0.1, 0.15) is 25.3 Å². The quantitative estimate of drug-likeness (QED) is 0.701. The summed E-state index contributed by atoms with van der Waals surface area (Å²) in [6, 6.07) is 0. The normalized spacial score (nSPS) is 10.7. The second kappa shape index (κ2) is 2.96. The Morgan fingerprint density at radius 3 is 2.56 bits per heavy atom. The Kier molecular flexibility index (Phi) is 2.46. The summed E-state index contributed by atoms with van der Waals surface area (Å²) in [7, 11) is 0. The fraction of sp³-hybridized carbons (Fsp3) is 0.500. The molecule has 1 heterocycles. The van der Waals surface area contributed by atoms with Gasteiger partial charge < -0.3 is 0 Å². The van der Waals surface area contributed by atoms with Gasteiger partial charge in [-0.25, -0.2) is 0 Å². The van der Waals surface area contributed by atoms with Gasteiger partial charge in [0.2, 0.25) is 0 Å². The Morgan fingerprint density at radius 1 is 1.67 bits per heavy atom. The zero-order valence-corrected chi connectivity index (χ0v) is 8.36. The van der Waals surface area contributed by atoms with Crippen molar-refractivity contribution in [1.29, 1.82) is 0 Å². The average molecular weight is 253 g/mol. The van der Waals surface area contributed by atoms with Gasteiger partial charge in [0.05, 0.1) is 0 Å². The van der Waals surface area contributed by atoms with Crippen molar-refractivity contribution in [2.24, 2.45) is 0 Å². The molecule has 0 aliphatic rings. The van der Waals surface area contributed by atoms with Gasteiger partial charge in [-0.3, -0.25) is 0 Å². The molecule has 0 aliphatic heterocycles. The van der Waals surface area contributed by atoms with Crippen LogP contribution in [0.25, 0.3) is 0 Å². The van der Waals surface area contributed by atoms with Gasteiger partial charge in [0.1, 0.15) is 3.70 Å². The van der Waals surface area contributed by atoms with Gasteiger partial charge in [-0.05, 0) is 45.6 Å². The van der Waals surface area contributed by atoms with E-state index >= 15 is 0 Å². The van der Waals surface area contributed by atoms with Crippen LogP contribution in [0.15, 0.2) is 5.38 Å². The molecule has 50 valence electrons. The summed E-state index contributed by atoms with van der Waals surface area (Å²) >= 11 is 3.81. The second-order valence-electron chi connectivity index (χ2n) is 2.22. The van der Waals surface area contributed by atoms with Crippen LogP contribution >= 0.6 is 34.1 Å². The lowest BCUT2D eigenvalue weighted by molar-refractivity contribution is 0.861. The van der Waals surface area contributed by atoms with E-state index in [0.29, 0.717) is 5.92 Å². The Labute approximate surface area is 72.8 Å². The molecule has 9 heavy (non-hydrogen) atoms. The average Bonchev–Trinajstić information content (AvgIpc) is 2.13. The fourth-order valence-corrected chi connectivity index (χ4v) is 2.68. The van der Waals surface area contributed by atoms with E-state index in [4.69, 9.17) is 0 Å². The predicted octanol–water partition coefficient (Wildman–Crippen LogP) is 2.87. The number of rotatable bonds is 1. The first-order valence-corrected chi connectivity index (χ1v) is 4.73. The highest BCUT2D eigenvalue weighted by atomic mass is 127. The number of hydrogen-bond donors (Lipinski definition) is 0. The van der Waals surface area contributed by atoms with Crippen molar-refractivity contribution in [3.05, 3.63) is 14.6 Å². The van der Waals surface area contributed by atoms with Gasteiger partial charge in [0.15, 0.2) is 0 Å². The van der Waals surface area contributed by atoms with Crippen molar-refractivity contribution in [2.45, 2.75) is 19.8 Å². The molecule has 0 amide bonds. The van der Waals surface area contributed by atoms with Crippen LogP contribution in [0, 0.1) is 3.70 Å². The summed E-state index contributed by atoms with van der Waals surface area (Å²) in [4.78, 5) is 0. The van der Waals surface area contributed by atoms with Gasteiger partial charge >= 0.3 is 0 Å². The smallest absolute Gasteiger partial charge is 0.118 e. The first-order chi connectivity index (χ1) is 4.22. The Morgan fingerprint density at radius 2 is 2.33 bits per heavy atom. The third-order valence-corrected chi connectivity index (χ3v) is 3.01. The van der Waals surface area contributed by atoms with E-state index in [1.54, 1.807) is 0 Å². The molecule has 0 saturated heterocycles. The van der Waals surface area contributed by atoms with Crippen molar-refractivity contribution in [1.82, 2.24) is 4.37 Å². The predicted molar refractivity (Wildman–Crippen MR) is 48.9 cm³/mol. The Hall–Kier alpha value is 0.360. The van der Waals surface area contributed by atoms with Crippen LogP contribution in [-0.4, -0.2) is 4.37 Å². The molecule has 0 fully saturated rings. The van der Waals surface area contributed by atoms with E-state index < -0.39 is 0 Å². The lowest BCUT2D eigenvalue weighted by atomic mass is 10.1. The van der Waals surface area contributed by atoms with Crippen molar-refractivity contribution in [2.75, 3.05) is 0 Å². The Bertz CT molecular complexity index is 195. The highest BCUT2D eigenvalue weighted by Crippen LogP contribution is 2.21. The van der Waals surface area contributed by atoms with Gasteiger partial charge in [-0.1, -0.05) is 13.8 Å². The summed E-state index contributed by atoms with van der Waals surface area (Å²) < 4.78 is 5.33. The summed E-state index contributed by atoms with van der Waals surface area (Å²) in [6.45, 7) is 4.37. The molecule has 0 aromatic carbocycles. The van der Waals surface area contributed by atoms with Crippen LogP contribution in [0.5, 0.6) is 0 Å². The van der Waals surface area contributed by atoms with Crippen LogP contribution in [-0.2, 0) is 0 Å². The number of aromatic nitrogens is 1. The molecule has 1 nitrogen and oxygen atoms in total. The zero-order chi connectivity index (χ0) is 6.85. The lowest BCUT2D eigenvalue weighted by Crippen LogP contribution is -1.85. The third kappa shape index (κ3) is 1.64. The van der Waals surface area contributed by atoms with E-state index in [0.717, 1.165) is 3.70 Å². The molecule has 3 heteroatoms. The highest BCUT2D eigenvalue weighted by Gasteiger charge is 2.04. The molecule has 0 bridgehead atoms. The maximum atomic E-state index is 4.17. The molecule has 0 aliphatic carbocycles. The van der Waals surface area contributed by atoms with Crippen LogP contribution < -0.4 is 0 Å². The minimum Gasteiger partial charge on any atom is -0.186 e. The maximum Gasteiger partial charge on any atom is 0.118 e. The van der Waals surface area contributed by atoms with Gasteiger partial charge in [0.25, 0.3) is 0 Å². The molecule has 0 N–H and O–H groups in total. The van der Waals surface area contributed by atoms with Crippen molar-refractivity contribution in [3.63, 3.8) is 0 Å². The van der Waals surface area contributed by atoms with E-state index in [-0.39, 0.29) is 0 Å². The fourth-order valence-electron chi connectivity index (χ4n) is 0.605. The molecule has 1 aromatic rings. The first-order valence-electron chi connectivity index (χ1n) is 2.81. The number of hydrogen-bond acceptors (Lipinski definition) is 2. The largest absolute Gasteiger partial charge is 0.186 e. The van der Waals surface area contributed by atoms with Gasteiger partial charge in [-0.15, -0.1) is 0 Å². The number of nitrogens with zero attached hydrogens (tertiary/aromatic N) is 1. The minimum atomic E-state index is 0.621. The van der Waals surface area contributed by atoms with E-state index in [9.17, 15) is 0 Å². The van der Waals surface area contributed by atoms with E-state index in [2.05, 4.69) is 46.2 Å². The molecule has 0 saturated carbocycles. The van der Waals surface area contributed by atoms with Crippen molar-refractivity contribution in [3.8, 4) is 0 Å². The number of halogens is 1. The Balaban J connectivity index is 2.94. The monoisotopic (exact) mass is 253 g/mol. The second-order valence-corrected chi connectivity index (χ2v) is 3.87. The topological polar surface area (TPSA) is 12.9 Å². The summed E-state index contributed by atoms with van der Waals surface area (Å²) in [5, 5.41) is 2.12.